The van der Waals surface area contributed by atoms with Crippen molar-refractivity contribution in [3.05, 3.63) is 35.8 Å². The van der Waals surface area contributed by atoms with Crippen LogP contribution in [0.1, 0.15) is 37.0 Å². The van der Waals surface area contributed by atoms with Gasteiger partial charge in [-0.15, -0.1) is 0 Å². The van der Waals surface area contributed by atoms with Crippen molar-refractivity contribution < 1.29 is 9.18 Å². The van der Waals surface area contributed by atoms with Gasteiger partial charge in [-0.3, -0.25) is 4.79 Å². The Bertz CT molecular complexity index is 544. The Hall–Kier alpha value is -1.64. The molecule has 0 saturated heterocycles. The largest absolute Gasteiger partial charge is 0.360 e. The van der Waals surface area contributed by atoms with Crippen molar-refractivity contribution in [2.24, 2.45) is 5.92 Å². The molecule has 1 N–H and O–H groups in total. The van der Waals surface area contributed by atoms with Gasteiger partial charge in [-0.1, -0.05) is 26.3 Å². The van der Waals surface area contributed by atoms with E-state index in [1.807, 2.05) is 13.8 Å². The minimum absolute atomic E-state index is 0.0169. The number of fused-ring (bicyclic) bond motifs is 1. The molecule has 0 bridgehead atoms. The molecule has 3 heteroatoms. The minimum atomic E-state index is -0.337. The second-order valence-corrected chi connectivity index (χ2v) is 4.42. The highest BCUT2D eigenvalue weighted by atomic mass is 19.1. The number of nitrogens with one attached hydrogen (secondary N) is 1. The zero-order chi connectivity index (χ0) is 12.4. The summed E-state index contributed by atoms with van der Waals surface area (Å²) in [4.78, 5) is 15.1. The van der Waals surface area contributed by atoms with Crippen LogP contribution in [0.5, 0.6) is 0 Å². The summed E-state index contributed by atoms with van der Waals surface area (Å²) in [7, 11) is 0. The number of H-pyrrole nitrogens is 1. The molecule has 2 aromatic rings. The lowest BCUT2D eigenvalue weighted by atomic mass is 9.95. The second kappa shape index (κ2) is 4.70. The molecular weight excluding hydrogens is 217 g/mol. The first-order valence-corrected chi connectivity index (χ1v) is 5.95. The van der Waals surface area contributed by atoms with Gasteiger partial charge in [0.1, 0.15) is 5.82 Å². The van der Waals surface area contributed by atoms with Crippen LogP contribution in [0.25, 0.3) is 10.9 Å². The molecule has 0 aliphatic heterocycles. The number of aromatic amines is 1. The number of aromatic nitrogens is 1. The summed E-state index contributed by atoms with van der Waals surface area (Å²) in [5, 5.41) is 0.417. The first-order chi connectivity index (χ1) is 8.15. The second-order valence-electron chi connectivity index (χ2n) is 4.42. The summed E-state index contributed by atoms with van der Waals surface area (Å²) in [5.74, 6) is -0.377. The number of hydrogen-bond donors (Lipinski definition) is 1. The molecule has 0 radical (unpaired) electrons. The van der Waals surface area contributed by atoms with Crippen LogP contribution in [-0.2, 0) is 0 Å². The van der Waals surface area contributed by atoms with Crippen molar-refractivity contribution in [3.8, 4) is 0 Å². The Labute approximate surface area is 99.8 Å². The Balaban J connectivity index is 2.46. The van der Waals surface area contributed by atoms with Crippen LogP contribution < -0.4 is 0 Å². The first kappa shape index (κ1) is 11.8. The highest BCUT2D eigenvalue weighted by Gasteiger charge is 2.19. The molecule has 0 amide bonds. The van der Waals surface area contributed by atoms with Crippen molar-refractivity contribution >= 4 is 16.7 Å². The van der Waals surface area contributed by atoms with E-state index in [-0.39, 0.29) is 17.5 Å². The molecule has 0 fully saturated rings. The predicted octanol–water partition coefficient (Wildman–Crippen LogP) is 3.93. The zero-order valence-electron chi connectivity index (χ0n) is 10.1. The number of carbonyl (C=O) groups is 1. The van der Waals surface area contributed by atoms with Gasteiger partial charge in [-0.05, 0) is 18.6 Å². The maximum Gasteiger partial charge on any atom is 0.167 e. The van der Waals surface area contributed by atoms with Crippen LogP contribution in [0.15, 0.2) is 24.4 Å². The maximum atomic E-state index is 13.7. The van der Waals surface area contributed by atoms with E-state index in [0.717, 1.165) is 12.8 Å². The SMILES string of the molecule is CCCC(C)C(=O)c1c[nH]c2cccc(F)c12. The topological polar surface area (TPSA) is 32.9 Å². The van der Waals surface area contributed by atoms with Crippen molar-refractivity contribution in [2.75, 3.05) is 0 Å². The van der Waals surface area contributed by atoms with E-state index < -0.39 is 0 Å². The van der Waals surface area contributed by atoms with Crippen LogP contribution in [0.2, 0.25) is 0 Å². The van der Waals surface area contributed by atoms with Gasteiger partial charge in [0, 0.05) is 28.6 Å². The summed E-state index contributed by atoms with van der Waals surface area (Å²) >= 11 is 0. The Kier molecular flexibility index (Phi) is 3.27. The molecule has 0 spiro atoms. The van der Waals surface area contributed by atoms with E-state index in [1.54, 1.807) is 18.3 Å². The summed E-state index contributed by atoms with van der Waals surface area (Å²) in [5.41, 5.74) is 1.15. The van der Waals surface area contributed by atoms with E-state index in [4.69, 9.17) is 0 Å². The monoisotopic (exact) mass is 233 g/mol. The third-order valence-corrected chi connectivity index (χ3v) is 3.09. The Morgan fingerprint density at radius 3 is 2.94 bits per heavy atom. The third-order valence-electron chi connectivity index (χ3n) is 3.09. The van der Waals surface area contributed by atoms with E-state index in [1.165, 1.54) is 6.07 Å². The summed E-state index contributed by atoms with van der Waals surface area (Å²) in [6.07, 6.45) is 3.40. The Morgan fingerprint density at radius 2 is 2.24 bits per heavy atom. The van der Waals surface area contributed by atoms with E-state index in [2.05, 4.69) is 4.98 Å². The number of hydrogen-bond acceptors (Lipinski definition) is 1. The molecule has 0 saturated carbocycles. The minimum Gasteiger partial charge on any atom is -0.360 e. The number of ketones is 1. The average molecular weight is 233 g/mol. The lowest BCUT2D eigenvalue weighted by Crippen LogP contribution is -2.10. The number of halogens is 1. The van der Waals surface area contributed by atoms with Crippen molar-refractivity contribution in [1.29, 1.82) is 0 Å². The van der Waals surface area contributed by atoms with Gasteiger partial charge in [-0.25, -0.2) is 4.39 Å². The molecule has 2 rings (SSSR count). The van der Waals surface area contributed by atoms with Gasteiger partial charge in [0.05, 0.1) is 0 Å². The molecular formula is C14H16FNO. The molecule has 0 aliphatic carbocycles. The van der Waals surface area contributed by atoms with Crippen LogP contribution in [0, 0.1) is 11.7 Å². The van der Waals surface area contributed by atoms with Gasteiger partial charge in [0.25, 0.3) is 0 Å². The maximum absolute atomic E-state index is 13.7. The molecule has 1 aromatic heterocycles. The molecule has 90 valence electrons. The molecule has 1 atom stereocenters. The fraction of sp³-hybridized carbons (Fsp3) is 0.357. The molecule has 2 nitrogen and oxygen atoms in total. The lowest BCUT2D eigenvalue weighted by molar-refractivity contribution is 0.0925. The van der Waals surface area contributed by atoms with Gasteiger partial charge in [0.15, 0.2) is 5.78 Å². The smallest absolute Gasteiger partial charge is 0.167 e. The Morgan fingerprint density at radius 1 is 1.47 bits per heavy atom. The van der Waals surface area contributed by atoms with Crippen LogP contribution in [0.4, 0.5) is 4.39 Å². The standard InChI is InChI=1S/C14H16FNO/c1-3-5-9(2)14(17)10-8-16-12-7-4-6-11(15)13(10)12/h4,6-9,16H,3,5H2,1-2H3. The van der Waals surface area contributed by atoms with Gasteiger partial charge < -0.3 is 4.98 Å². The van der Waals surface area contributed by atoms with E-state index in [9.17, 15) is 9.18 Å². The lowest BCUT2D eigenvalue weighted by Gasteiger charge is -2.07. The van der Waals surface area contributed by atoms with Gasteiger partial charge in [0.2, 0.25) is 0 Å². The van der Waals surface area contributed by atoms with Crippen LogP contribution >= 0.6 is 0 Å². The van der Waals surface area contributed by atoms with Gasteiger partial charge in [-0.2, -0.15) is 0 Å². The van der Waals surface area contributed by atoms with Gasteiger partial charge >= 0.3 is 0 Å². The molecule has 17 heavy (non-hydrogen) atoms. The summed E-state index contributed by atoms with van der Waals surface area (Å²) in [6, 6.07) is 4.80. The average Bonchev–Trinajstić information content (AvgIpc) is 2.73. The fourth-order valence-electron chi connectivity index (χ4n) is 2.16. The molecule has 1 unspecified atom stereocenters. The molecule has 1 aromatic carbocycles. The molecule has 0 aliphatic rings. The predicted molar refractivity (Wildman–Crippen MR) is 66.7 cm³/mol. The van der Waals surface area contributed by atoms with E-state index in [0.29, 0.717) is 16.5 Å². The van der Waals surface area contributed by atoms with Crippen LogP contribution in [0.3, 0.4) is 0 Å². The number of rotatable bonds is 4. The highest BCUT2D eigenvalue weighted by Crippen LogP contribution is 2.24. The summed E-state index contributed by atoms with van der Waals surface area (Å²) in [6.45, 7) is 3.94. The van der Waals surface area contributed by atoms with Crippen molar-refractivity contribution in [1.82, 2.24) is 4.98 Å². The van der Waals surface area contributed by atoms with Crippen molar-refractivity contribution in [3.63, 3.8) is 0 Å². The highest BCUT2D eigenvalue weighted by molar-refractivity contribution is 6.08. The quantitative estimate of drug-likeness (QED) is 0.797. The normalized spacial score (nSPS) is 12.9. The first-order valence-electron chi connectivity index (χ1n) is 5.95. The van der Waals surface area contributed by atoms with E-state index >= 15 is 0 Å². The number of carbonyl (C=O) groups excluding carboxylic acids is 1. The zero-order valence-corrected chi connectivity index (χ0v) is 10.1. The molecule has 1 heterocycles. The number of benzene rings is 1. The van der Waals surface area contributed by atoms with Crippen LogP contribution in [-0.4, -0.2) is 10.8 Å². The third kappa shape index (κ3) is 2.09. The fourth-order valence-corrected chi connectivity index (χ4v) is 2.16. The summed E-state index contributed by atoms with van der Waals surface area (Å²) < 4.78 is 13.7. The number of Topliss-reactive ketones (excluding diaryl/α,β-unsaturated/α-hetero) is 1. The van der Waals surface area contributed by atoms with Crippen molar-refractivity contribution in [2.45, 2.75) is 26.7 Å².